The van der Waals surface area contributed by atoms with Gasteiger partial charge < -0.3 is 19.4 Å². The maximum absolute atomic E-state index is 13.8. The van der Waals surface area contributed by atoms with Gasteiger partial charge in [0.05, 0.1) is 10.8 Å². The van der Waals surface area contributed by atoms with Crippen LogP contribution in [0.1, 0.15) is 31.9 Å². The number of amides is 2. The number of rotatable bonds is 5. The van der Waals surface area contributed by atoms with E-state index in [0.29, 0.717) is 42.9 Å². The zero-order valence-electron chi connectivity index (χ0n) is 19.7. The highest BCUT2D eigenvalue weighted by Gasteiger charge is 2.40. The van der Waals surface area contributed by atoms with E-state index in [1.54, 1.807) is 4.90 Å². The van der Waals surface area contributed by atoms with Crippen molar-refractivity contribution in [2.75, 3.05) is 30.4 Å². The Morgan fingerprint density at radius 3 is 2.71 bits per heavy atom. The molecule has 34 heavy (non-hydrogen) atoms. The molecule has 3 heterocycles. The number of ether oxygens (including phenoxy) is 2. The van der Waals surface area contributed by atoms with Crippen molar-refractivity contribution >= 4 is 40.2 Å². The van der Waals surface area contributed by atoms with Gasteiger partial charge in [0.15, 0.2) is 11.5 Å². The smallest absolute Gasteiger partial charge is 0.247 e. The number of hydrogen-bond acceptors (Lipinski definition) is 5. The summed E-state index contributed by atoms with van der Waals surface area (Å²) in [7, 11) is 1.99. The summed E-state index contributed by atoms with van der Waals surface area (Å²) in [5.74, 6) is 1.64. The summed E-state index contributed by atoms with van der Waals surface area (Å²) in [5.41, 5.74) is 2.53. The normalized spacial score (nSPS) is 17.6. The van der Waals surface area contributed by atoms with E-state index in [1.807, 2.05) is 43.4 Å². The molecule has 0 spiro atoms. The lowest BCUT2D eigenvalue weighted by atomic mass is 10.0. The van der Waals surface area contributed by atoms with Crippen molar-refractivity contribution in [1.29, 1.82) is 0 Å². The van der Waals surface area contributed by atoms with Crippen molar-refractivity contribution < 1.29 is 19.1 Å². The van der Waals surface area contributed by atoms with Crippen LogP contribution in [0.5, 0.6) is 11.5 Å². The molecule has 8 heteroatoms. The number of carbonyl (C=O) groups excluding carboxylic acids is 2. The highest BCUT2D eigenvalue weighted by molar-refractivity contribution is 8.00. The lowest BCUT2D eigenvalue weighted by molar-refractivity contribution is -0.125. The van der Waals surface area contributed by atoms with Gasteiger partial charge >= 0.3 is 0 Å². The van der Waals surface area contributed by atoms with E-state index >= 15 is 0 Å². The summed E-state index contributed by atoms with van der Waals surface area (Å²) in [4.78, 5) is 29.0. The lowest BCUT2D eigenvalue weighted by Gasteiger charge is -2.31. The zero-order chi connectivity index (χ0) is 23.8. The maximum Gasteiger partial charge on any atom is 0.247 e. The highest BCUT2D eigenvalue weighted by Crippen LogP contribution is 2.44. The van der Waals surface area contributed by atoms with Gasteiger partial charge in [0.2, 0.25) is 11.8 Å². The van der Waals surface area contributed by atoms with E-state index in [4.69, 9.17) is 9.47 Å². The predicted octanol–water partition coefficient (Wildman–Crippen LogP) is 4.29. The molecule has 0 fully saturated rings. The fourth-order valence-electron chi connectivity index (χ4n) is 4.61. The molecule has 0 unspecified atom stereocenters. The number of nitrogens with zero attached hydrogens (tertiary/aromatic N) is 2. The first-order valence-corrected chi connectivity index (χ1v) is 12.6. The molecule has 2 aromatic carbocycles. The Kier molecular flexibility index (Phi) is 6.16. The molecule has 1 atom stereocenters. The molecule has 0 saturated carbocycles. The minimum absolute atomic E-state index is 0.119. The van der Waals surface area contributed by atoms with Crippen LogP contribution in [-0.4, -0.2) is 41.9 Å². The van der Waals surface area contributed by atoms with Crippen LogP contribution in [0.25, 0.3) is 10.9 Å². The van der Waals surface area contributed by atoms with Gasteiger partial charge in [-0.2, -0.15) is 0 Å². The molecule has 2 aliphatic heterocycles. The van der Waals surface area contributed by atoms with Crippen LogP contribution in [0.15, 0.2) is 47.5 Å². The second-order valence-electron chi connectivity index (χ2n) is 9.05. The number of hydrogen-bond donors (Lipinski definition) is 1. The third-order valence-electron chi connectivity index (χ3n) is 6.30. The van der Waals surface area contributed by atoms with Crippen molar-refractivity contribution in [3.63, 3.8) is 0 Å². The fourth-order valence-corrected chi connectivity index (χ4v) is 5.68. The monoisotopic (exact) mass is 479 g/mol. The van der Waals surface area contributed by atoms with Crippen LogP contribution in [0.4, 0.5) is 5.69 Å². The molecule has 0 aliphatic carbocycles. The van der Waals surface area contributed by atoms with Crippen molar-refractivity contribution in [2.24, 2.45) is 13.0 Å². The third-order valence-corrected chi connectivity index (χ3v) is 7.46. The number of benzene rings is 2. The Bertz CT molecular complexity index is 1250. The molecule has 0 bridgehead atoms. The van der Waals surface area contributed by atoms with Gasteiger partial charge in [-0.05, 0) is 30.5 Å². The second-order valence-corrected chi connectivity index (χ2v) is 10.0. The van der Waals surface area contributed by atoms with Crippen molar-refractivity contribution in [3.05, 3.63) is 48.0 Å². The van der Waals surface area contributed by atoms with Crippen LogP contribution in [0.2, 0.25) is 0 Å². The third kappa shape index (κ3) is 4.00. The van der Waals surface area contributed by atoms with Gasteiger partial charge in [0.1, 0.15) is 19.3 Å². The zero-order valence-corrected chi connectivity index (χ0v) is 20.5. The number of nitrogens with one attached hydrogen (secondary N) is 1. The predicted molar refractivity (Wildman–Crippen MR) is 134 cm³/mol. The quantitative estimate of drug-likeness (QED) is 0.591. The van der Waals surface area contributed by atoms with Gasteiger partial charge in [0.25, 0.3) is 0 Å². The molecule has 2 amide bonds. The minimum atomic E-state index is -0.793. The summed E-state index contributed by atoms with van der Waals surface area (Å²) in [6, 6.07) is 12.7. The number of aryl methyl sites for hydroxylation is 1. The molecule has 0 radical (unpaired) electrons. The standard InChI is InChI=1S/C26H29N3O4S/c1-16(2)10-11-27-25(31)24-23-18-6-4-5-7-19(18)28(3)26(23)34-15-22(30)29(24)17-8-9-20-21(14-17)33-13-12-32-20/h4-9,14,16,24H,10-13,15H2,1-3H3,(H,27,31)/t24-/m0/s1. The highest BCUT2D eigenvalue weighted by atomic mass is 32.2. The van der Waals surface area contributed by atoms with Gasteiger partial charge in [-0.3, -0.25) is 14.5 Å². The van der Waals surface area contributed by atoms with Gasteiger partial charge in [-0.15, -0.1) is 0 Å². The number of thioether (sulfide) groups is 1. The van der Waals surface area contributed by atoms with E-state index in [0.717, 1.165) is 27.9 Å². The molecular formula is C26H29N3O4S. The van der Waals surface area contributed by atoms with Crippen molar-refractivity contribution in [3.8, 4) is 11.5 Å². The average molecular weight is 480 g/mol. The molecule has 2 aliphatic rings. The Labute approximate surface area is 203 Å². The molecule has 5 rings (SSSR count). The van der Waals surface area contributed by atoms with Crippen LogP contribution in [0.3, 0.4) is 0 Å². The second kappa shape index (κ2) is 9.25. The van der Waals surface area contributed by atoms with Crippen LogP contribution >= 0.6 is 11.8 Å². The number of para-hydroxylation sites is 1. The topological polar surface area (TPSA) is 72.8 Å². The maximum atomic E-state index is 13.8. The molecule has 1 N–H and O–H groups in total. The number of aromatic nitrogens is 1. The van der Waals surface area contributed by atoms with E-state index in [2.05, 4.69) is 29.8 Å². The Balaban J connectivity index is 1.65. The first kappa shape index (κ1) is 22.7. The average Bonchev–Trinajstić information content (AvgIpc) is 3.01. The molecule has 1 aromatic heterocycles. The van der Waals surface area contributed by atoms with E-state index in [1.165, 1.54) is 11.8 Å². The van der Waals surface area contributed by atoms with E-state index in [9.17, 15) is 9.59 Å². The van der Waals surface area contributed by atoms with Crippen LogP contribution in [0, 0.1) is 5.92 Å². The van der Waals surface area contributed by atoms with E-state index < -0.39 is 6.04 Å². The number of fused-ring (bicyclic) bond motifs is 4. The minimum Gasteiger partial charge on any atom is -0.486 e. The summed E-state index contributed by atoms with van der Waals surface area (Å²) < 4.78 is 13.5. The fraction of sp³-hybridized carbons (Fsp3) is 0.385. The van der Waals surface area contributed by atoms with Crippen molar-refractivity contribution in [1.82, 2.24) is 9.88 Å². The molecule has 0 saturated heterocycles. The summed E-state index contributed by atoms with van der Waals surface area (Å²) in [5, 5.41) is 5.03. The van der Waals surface area contributed by atoms with E-state index in [-0.39, 0.29) is 17.6 Å². The van der Waals surface area contributed by atoms with Gasteiger partial charge in [0, 0.05) is 41.8 Å². The van der Waals surface area contributed by atoms with Crippen molar-refractivity contribution in [2.45, 2.75) is 31.3 Å². The molecule has 7 nitrogen and oxygen atoms in total. The number of anilines is 1. The Morgan fingerprint density at radius 1 is 1.15 bits per heavy atom. The lowest BCUT2D eigenvalue weighted by Crippen LogP contribution is -2.44. The summed E-state index contributed by atoms with van der Waals surface area (Å²) >= 11 is 1.48. The van der Waals surface area contributed by atoms with Gasteiger partial charge in [-0.1, -0.05) is 43.8 Å². The molecular weight excluding hydrogens is 450 g/mol. The Morgan fingerprint density at radius 2 is 1.91 bits per heavy atom. The Hall–Kier alpha value is -3.13. The van der Waals surface area contributed by atoms with Gasteiger partial charge in [-0.25, -0.2) is 0 Å². The largest absolute Gasteiger partial charge is 0.486 e. The SMILES string of the molecule is CC(C)CCNC(=O)[C@@H]1c2c(n(C)c3ccccc23)SCC(=O)N1c1ccc2c(c1)OCCO2. The summed E-state index contributed by atoms with van der Waals surface area (Å²) in [6.45, 7) is 5.76. The molecule has 178 valence electrons. The first-order chi connectivity index (χ1) is 16.5. The first-order valence-electron chi connectivity index (χ1n) is 11.6. The van der Waals surface area contributed by atoms with Crippen LogP contribution in [-0.2, 0) is 16.6 Å². The van der Waals surface area contributed by atoms with Crippen LogP contribution < -0.4 is 19.7 Å². The summed E-state index contributed by atoms with van der Waals surface area (Å²) in [6.07, 6.45) is 0.869. The number of carbonyl (C=O) groups is 2. The molecule has 3 aromatic rings.